The highest BCUT2D eigenvalue weighted by Gasteiger charge is 2.45. The van der Waals surface area contributed by atoms with Gasteiger partial charge in [0.15, 0.2) is 0 Å². The van der Waals surface area contributed by atoms with Crippen molar-refractivity contribution in [1.82, 2.24) is 15.1 Å². The van der Waals surface area contributed by atoms with Crippen molar-refractivity contribution in [3.8, 4) is 17.0 Å². The van der Waals surface area contributed by atoms with E-state index in [0.29, 0.717) is 19.5 Å². The van der Waals surface area contributed by atoms with Crippen LogP contribution in [0.2, 0.25) is 0 Å². The SMILES string of the molecule is COc1ccc(-c2n[nH]c3c2CCN(C(=O)[C@@H]2C[C@H]2F)CC3)cc1.O=C(O)C(F)(F)F. The second-order valence-electron chi connectivity index (χ2n) is 7.24. The number of nitrogens with zero attached hydrogens (tertiary/aromatic N) is 2. The number of H-pyrrole nitrogens is 1. The summed E-state index contributed by atoms with van der Waals surface area (Å²) < 4.78 is 50.1. The van der Waals surface area contributed by atoms with E-state index in [0.717, 1.165) is 41.1 Å². The van der Waals surface area contributed by atoms with Crippen molar-refractivity contribution in [3.63, 3.8) is 0 Å². The summed E-state index contributed by atoms with van der Waals surface area (Å²) in [5, 5.41) is 14.7. The number of aromatic nitrogens is 2. The molecule has 1 aliphatic carbocycles. The molecule has 7 nitrogen and oxygen atoms in total. The van der Waals surface area contributed by atoms with E-state index in [-0.39, 0.29) is 5.91 Å². The fraction of sp³-hybridized carbons (Fsp3) is 0.450. The van der Waals surface area contributed by atoms with E-state index < -0.39 is 24.2 Å². The standard InChI is InChI=1S/C18H20FN3O2.C2HF3O2/c1-24-12-4-2-11(3-5-12)17-13-6-8-22(9-7-16(13)20-21-17)18(23)14-10-15(14)19;3-2(4,5)1(6)7/h2-5,14-15H,6-10H2,1H3,(H,20,21);(H,6,7)/t14-,15-;/m1./s1. The van der Waals surface area contributed by atoms with Gasteiger partial charge in [0, 0.05) is 36.3 Å². The molecular weight excluding hydrogens is 422 g/mol. The molecule has 1 aromatic carbocycles. The summed E-state index contributed by atoms with van der Waals surface area (Å²) >= 11 is 0. The minimum Gasteiger partial charge on any atom is -0.497 e. The van der Waals surface area contributed by atoms with Gasteiger partial charge >= 0.3 is 12.1 Å². The fourth-order valence-corrected chi connectivity index (χ4v) is 3.34. The second-order valence-corrected chi connectivity index (χ2v) is 7.24. The molecule has 0 unspecified atom stereocenters. The molecular formula is C20H21F4N3O4. The van der Waals surface area contributed by atoms with Crippen molar-refractivity contribution in [2.24, 2.45) is 5.92 Å². The molecule has 2 N–H and O–H groups in total. The number of rotatable bonds is 3. The number of halogens is 4. The maximum absolute atomic E-state index is 13.2. The highest BCUT2D eigenvalue weighted by molar-refractivity contribution is 5.82. The first-order valence-electron chi connectivity index (χ1n) is 9.55. The van der Waals surface area contributed by atoms with Crippen molar-refractivity contribution >= 4 is 11.9 Å². The average molecular weight is 443 g/mol. The summed E-state index contributed by atoms with van der Waals surface area (Å²) in [4.78, 5) is 23.0. The van der Waals surface area contributed by atoms with Crippen LogP contribution in [0.3, 0.4) is 0 Å². The maximum atomic E-state index is 13.2. The first-order valence-corrected chi connectivity index (χ1v) is 9.55. The zero-order valence-electron chi connectivity index (χ0n) is 16.6. The van der Waals surface area contributed by atoms with Gasteiger partial charge < -0.3 is 14.7 Å². The third-order valence-electron chi connectivity index (χ3n) is 5.16. The average Bonchev–Trinajstić information content (AvgIpc) is 3.39. The Balaban J connectivity index is 0.000000339. The summed E-state index contributed by atoms with van der Waals surface area (Å²) in [6, 6.07) is 7.80. The molecule has 4 rings (SSSR count). The third kappa shape index (κ3) is 5.33. The Hall–Kier alpha value is -3.11. The largest absolute Gasteiger partial charge is 0.497 e. The Morgan fingerprint density at radius 2 is 1.77 bits per heavy atom. The summed E-state index contributed by atoms with van der Waals surface area (Å²) in [6.45, 7) is 1.25. The number of fused-ring (bicyclic) bond motifs is 1. The number of alkyl halides is 4. The number of methoxy groups -OCH3 is 1. The number of amides is 1. The molecule has 1 fully saturated rings. The number of hydrogen-bond acceptors (Lipinski definition) is 4. The normalized spacial score (nSPS) is 20.1. The van der Waals surface area contributed by atoms with Gasteiger partial charge in [0.2, 0.25) is 5.91 Å². The van der Waals surface area contributed by atoms with Gasteiger partial charge in [0.1, 0.15) is 11.9 Å². The third-order valence-corrected chi connectivity index (χ3v) is 5.16. The van der Waals surface area contributed by atoms with Gasteiger partial charge in [0.05, 0.1) is 18.7 Å². The van der Waals surface area contributed by atoms with Crippen LogP contribution in [0.25, 0.3) is 11.3 Å². The molecule has 31 heavy (non-hydrogen) atoms. The van der Waals surface area contributed by atoms with Crippen LogP contribution in [0.15, 0.2) is 24.3 Å². The second kappa shape index (κ2) is 8.94. The molecule has 11 heteroatoms. The summed E-state index contributed by atoms with van der Waals surface area (Å²) in [6.07, 6.45) is -4.16. The number of carboxylic acids is 1. The van der Waals surface area contributed by atoms with E-state index in [4.69, 9.17) is 14.6 Å². The molecule has 0 bridgehead atoms. The van der Waals surface area contributed by atoms with Crippen molar-refractivity contribution in [3.05, 3.63) is 35.5 Å². The predicted octanol–water partition coefficient (Wildman–Crippen LogP) is 3.00. The number of hydrogen-bond donors (Lipinski definition) is 2. The monoisotopic (exact) mass is 443 g/mol. The molecule has 1 amide bonds. The van der Waals surface area contributed by atoms with E-state index >= 15 is 0 Å². The van der Waals surface area contributed by atoms with E-state index in [1.807, 2.05) is 24.3 Å². The van der Waals surface area contributed by atoms with Crippen molar-refractivity contribution in [2.45, 2.75) is 31.6 Å². The van der Waals surface area contributed by atoms with Crippen LogP contribution in [-0.2, 0) is 22.4 Å². The van der Waals surface area contributed by atoms with Gasteiger partial charge in [-0.25, -0.2) is 9.18 Å². The zero-order chi connectivity index (χ0) is 22.8. The highest BCUT2D eigenvalue weighted by atomic mass is 19.4. The van der Waals surface area contributed by atoms with Crippen molar-refractivity contribution in [1.29, 1.82) is 0 Å². The van der Waals surface area contributed by atoms with Crippen LogP contribution in [-0.4, -0.2) is 64.6 Å². The van der Waals surface area contributed by atoms with Crippen LogP contribution in [0.1, 0.15) is 17.7 Å². The molecule has 0 spiro atoms. The number of nitrogens with one attached hydrogen (secondary N) is 1. The Morgan fingerprint density at radius 1 is 1.19 bits per heavy atom. The number of ether oxygens (including phenoxy) is 1. The quantitative estimate of drug-likeness (QED) is 0.712. The number of carboxylic acid groups (broad SMARTS) is 1. The lowest BCUT2D eigenvalue weighted by Gasteiger charge is -2.20. The minimum absolute atomic E-state index is 0.0355. The van der Waals surface area contributed by atoms with E-state index in [2.05, 4.69) is 10.2 Å². The van der Waals surface area contributed by atoms with Crippen LogP contribution in [0.4, 0.5) is 17.6 Å². The lowest BCUT2D eigenvalue weighted by Crippen LogP contribution is -2.35. The van der Waals surface area contributed by atoms with E-state index in [1.165, 1.54) is 0 Å². The van der Waals surface area contributed by atoms with Gasteiger partial charge in [-0.05, 0) is 37.1 Å². The summed E-state index contributed by atoms with van der Waals surface area (Å²) in [7, 11) is 1.64. The smallest absolute Gasteiger partial charge is 0.490 e. The van der Waals surface area contributed by atoms with E-state index in [9.17, 15) is 22.4 Å². The molecule has 1 saturated carbocycles. The van der Waals surface area contributed by atoms with Gasteiger partial charge in [-0.1, -0.05) is 0 Å². The Labute approximate surface area is 175 Å². The van der Waals surface area contributed by atoms with Crippen LogP contribution < -0.4 is 4.74 Å². The molecule has 1 aliphatic heterocycles. The minimum atomic E-state index is -5.08. The summed E-state index contributed by atoms with van der Waals surface area (Å²) in [5.74, 6) is -2.39. The van der Waals surface area contributed by atoms with Crippen LogP contribution >= 0.6 is 0 Å². The molecule has 2 aliphatic rings. The lowest BCUT2D eigenvalue weighted by atomic mass is 10.0. The molecule has 168 valence electrons. The molecule has 2 aromatic rings. The first-order chi connectivity index (χ1) is 14.6. The highest BCUT2D eigenvalue weighted by Crippen LogP contribution is 2.36. The number of carbonyl (C=O) groups excluding carboxylic acids is 1. The number of carbonyl (C=O) groups is 2. The van der Waals surface area contributed by atoms with Gasteiger partial charge in [-0.3, -0.25) is 9.89 Å². The molecule has 0 radical (unpaired) electrons. The Bertz CT molecular complexity index is 943. The van der Waals surface area contributed by atoms with Crippen molar-refractivity contribution in [2.75, 3.05) is 20.2 Å². The first kappa shape index (κ1) is 22.6. The van der Waals surface area contributed by atoms with Crippen LogP contribution in [0.5, 0.6) is 5.75 Å². The fourth-order valence-electron chi connectivity index (χ4n) is 3.34. The number of aliphatic carboxylic acids is 1. The number of benzene rings is 1. The molecule has 0 saturated heterocycles. The van der Waals surface area contributed by atoms with Gasteiger partial charge in [-0.15, -0.1) is 0 Å². The number of aromatic amines is 1. The lowest BCUT2D eigenvalue weighted by molar-refractivity contribution is -0.192. The van der Waals surface area contributed by atoms with Crippen molar-refractivity contribution < 1.29 is 37.0 Å². The zero-order valence-corrected chi connectivity index (χ0v) is 16.6. The maximum Gasteiger partial charge on any atom is 0.490 e. The molecule has 2 atom stereocenters. The molecule has 2 heterocycles. The topological polar surface area (TPSA) is 95.5 Å². The Kier molecular flexibility index (Phi) is 6.51. The Morgan fingerprint density at radius 3 is 2.29 bits per heavy atom. The van der Waals surface area contributed by atoms with Gasteiger partial charge in [-0.2, -0.15) is 18.3 Å². The van der Waals surface area contributed by atoms with Gasteiger partial charge in [0.25, 0.3) is 0 Å². The molecule has 1 aromatic heterocycles. The van der Waals surface area contributed by atoms with Crippen LogP contribution in [0, 0.1) is 5.92 Å². The predicted molar refractivity (Wildman–Crippen MR) is 101 cm³/mol. The van der Waals surface area contributed by atoms with E-state index in [1.54, 1.807) is 12.0 Å². The summed E-state index contributed by atoms with van der Waals surface area (Å²) in [5.41, 5.74) is 4.18.